The van der Waals surface area contributed by atoms with Gasteiger partial charge in [-0.1, -0.05) is 12.1 Å². The highest BCUT2D eigenvalue weighted by atomic mass is 16.5. The molecule has 1 fully saturated rings. The number of nitrogens with one attached hydrogen (secondary N) is 1. The van der Waals surface area contributed by atoms with Gasteiger partial charge in [0, 0.05) is 12.1 Å². The number of hydrogen-bond donors (Lipinski definition) is 2. The summed E-state index contributed by atoms with van der Waals surface area (Å²) in [5.74, 6) is 0.899. The second kappa shape index (κ2) is 6.06. The van der Waals surface area contributed by atoms with E-state index in [-0.39, 0.29) is 11.9 Å². The van der Waals surface area contributed by atoms with Crippen LogP contribution >= 0.6 is 0 Å². The summed E-state index contributed by atoms with van der Waals surface area (Å²) in [5, 5.41) is 2.94. The number of hydrogen-bond acceptors (Lipinski definition) is 3. The van der Waals surface area contributed by atoms with Crippen molar-refractivity contribution in [2.75, 3.05) is 6.61 Å². The molecular weight excluding hydrogens is 240 g/mol. The number of ether oxygens (including phenoxy) is 1. The quantitative estimate of drug-likeness (QED) is 0.824. The van der Waals surface area contributed by atoms with E-state index in [4.69, 9.17) is 10.5 Å². The Morgan fingerprint density at radius 1 is 1.53 bits per heavy atom. The molecule has 0 bridgehead atoms. The molecule has 4 heteroatoms. The summed E-state index contributed by atoms with van der Waals surface area (Å²) in [7, 11) is 0. The minimum absolute atomic E-state index is 0.0251. The van der Waals surface area contributed by atoms with Crippen molar-refractivity contribution in [3.05, 3.63) is 29.3 Å². The van der Waals surface area contributed by atoms with E-state index in [0.29, 0.717) is 19.1 Å². The van der Waals surface area contributed by atoms with Gasteiger partial charge in [0.1, 0.15) is 5.75 Å². The normalized spacial score (nSPS) is 15.9. The molecule has 1 atom stereocenters. The van der Waals surface area contributed by atoms with Crippen molar-refractivity contribution in [3.8, 4) is 5.75 Å². The lowest BCUT2D eigenvalue weighted by atomic mass is 10.1. The molecule has 0 heterocycles. The summed E-state index contributed by atoms with van der Waals surface area (Å²) < 4.78 is 5.64. The highest BCUT2D eigenvalue weighted by Crippen LogP contribution is 2.22. The van der Waals surface area contributed by atoms with E-state index < -0.39 is 0 Å². The third-order valence-electron chi connectivity index (χ3n) is 3.25. The SMILES string of the molecule is Cc1cc([C@@H](C)N)ccc1OCCC(=O)NC1CC1. The largest absolute Gasteiger partial charge is 0.493 e. The fraction of sp³-hybridized carbons (Fsp3) is 0.533. The zero-order valence-electron chi connectivity index (χ0n) is 11.6. The van der Waals surface area contributed by atoms with E-state index in [1.54, 1.807) is 0 Å². The second-order valence-electron chi connectivity index (χ2n) is 5.25. The Bertz CT molecular complexity index is 453. The molecule has 104 valence electrons. The molecule has 0 saturated heterocycles. The number of benzene rings is 1. The predicted octanol–water partition coefficient (Wildman–Crippen LogP) is 2.06. The molecule has 1 aromatic carbocycles. The van der Waals surface area contributed by atoms with Crippen LogP contribution in [-0.2, 0) is 4.79 Å². The molecule has 1 amide bonds. The van der Waals surface area contributed by atoms with Crippen molar-refractivity contribution in [2.45, 2.75) is 45.2 Å². The number of carbonyl (C=O) groups excluding carboxylic acids is 1. The van der Waals surface area contributed by atoms with Crippen LogP contribution in [0.2, 0.25) is 0 Å². The Balaban J connectivity index is 1.80. The van der Waals surface area contributed by atoms with Crippen molar-refractivity contribution in [3.63, 3.8) is 0 Å². The van der Waals surface area contributed by atoms with E-state index in [1.165, 1.54) is 0 Å². The summed E-state index contributed by atoms with van der Waals surface area (Å²) in [6, 6.07) is 6.37. The Morgan fingerprint density at radius 3 is 2.84 bits per heavy atom. The van der Waals surface area contributed by atoms with Crippen molar-refractivity contribution < 1.29 is 9.53 Å². The first-order valence-corrected chi connectivity index (χ1v) is 6.84. The van der Waals surface area contributed by atoms with Gasteiger partial charge in [-0.15, -0.1) is 0 Å². The van der Waals surface area contributed by atoms with E-state index in [1.807, 2.05) is 32.0 Å². The number of aryl methyl sites for hydroxylation is 1. The van der Waals surface area contributed by atoms with Crippen LogP contribution in [0.4, 0.5) is 0 Å². The number of amides is 1. The van der Waals surface area contributed by atoms with Gasteiger partial charge in [0.05, 0.1) is 13.0 Å². The molecule has 4 nitrogen and oxygen atoms in total. The molecule has 3 N–H and O–H groups in total. The Morgan fingerprint density at radius 2 is 2.26 bits per heavy atom. The van der Waals surface area contributed by atoms with Crippen LogP contribution in [0.25, 0.3) is 0 Å². The van der Waals surface area contributed by atoms with Crippen LogP contribution in [0.1, 0.15) is 43.4 Å². The molecule has 0 radical (unpaired) electrons. The van der Waals surface area contributed by atoms with Gasteiger partial charge in [-0.2, -0.15) is 0 Å². The van der Waals surface area contributed by atoms with E-state index in [0.717, 1.165) is 29.7 Å². The molecule has 1 aliphatic rings. The number of nitrogens with two attached hydrogens (primary N) is 1. The average molecular weight is 262 g/mol. The highest BCUT2D eigenvalue weighted by Gasteiger charge is 2.22. The van der Waals surface area contributed by atoms with Gasteiger partial charge in [-0.05, 0) is 43.9 Å². The minimum Gasteiger partial charge on any atom is -0.493 e. The smallest absolute Gasteiger partial charge is 0.223 e. The Labute approximate surface area is 114 Å². The first kappa shape index (κ1) is 13.9. The van der Waals surface area contributed by atoms with Gasteiger partial charge >= 0.3 is 0 Å². The second-order valence-corrected chi connectivity index (χ2v) is 5.25. The summed E-state index contributed by atoms with van der Waals surface area (Å²) in [6.07, 6.45) is 2.64. The van der Waals surface area contributed by atoms with Gasteiger partial charge < -0.3 is 15.8 Å². The molecule has 0 aliphatic heterocycles. The summed E-state index contributed by atoms with van der Waals surface area (Å²) in [5.41, 5.74) is 7.98. The predicted molar refractivity (Wildman–Crippen MR) is 75.1 cm³/mol. The first-order valence-electron chi connectivity index (χ1n) is 6.84. The third kappa shape index (κ3) is 4.24. The molecular formula is C15H22N2O2. The minimum atomic E-state index is 0.0251. The van der Waals surface area contributed by atoms with Crippen molar-refractivity contribution in [1.82, 2.24) is 5.32 Å². The van der Waals surface area contributed by atoms with Crippen LogP contribution < -0.4 is 15.8 Å². The molecule has 1 saturated carbocycles. The van der Waals surface area contributed by atoms with Gasteiger partial charge in [0.2, 0.25) is 5.91 Å². The van der Waals surface area contributed by atoms with E-state index >= 15 is 0 Å². The zero-order valence-corrected chi connectivity index (χ0v) is 11.6. The monoisotopic (exact) mass is 262 g/mol. The van der Waals surface area contributed by atoms with E-state index in [2.05, 4.69) is 5.32 Å². The molecule has 0 unspecified atom stereocenters. The standard InChI is InChI=1S/C15H22N2O2/c1-10-9-12(11(2)16)3-6-14(10)19-8-7-15(18)17-13-4-5-13/h3,6,9,11,13H,4-5,7-8,16H2,1-2H3,(H,17,18)/t11-/m1/s1. The molecule has 1 aliphatic carbocycles. The van der Waals surface area contributed by atoms with Crippen molar-refractivity contribution >= 4 is 5.91 Å². The van der Waals surface area contributed by atoms with Crippen LogP contribution in [0.3, 0.4) is 0 Å². The molecule has 0 spiro atoms. The van der Waals surface area contributed by atoms with Crippen LogP contribution in [0.5, 0.6) is 5.75 Å². The third-order valence-corrected chi connectivity index (χ3v) is 3.25. The van der Waals surface area contributed by atoms with Crippen molar-refractivity contribution in [1.29, 1.82) is 0 Å². The van der Waals surface area contributed by atoms with Crippen LogP contribution in [-0.4, -0.2) is 18.6 Å². The fourth-order valence-corrected chi connectivity index (χ4v) is 1.90. The summed E-state index contributed by atoms with van der Waals surface area (Å²) in [6.45, 7) is 4.36. The van der Waals surface area contributed by atoms with Gasteiger partial charge in [0.25, 0.3) is 0 Å². The summed E-state index contributed by atoms with van der Waals surface area (Å²) in [4.78, 5) is 11.5. The Hall–Kier alpha value is -1.55. The van der Waals surface area contributed by atoms with Crippen molar-refractivity contribution in [2.24, 2.45) is 5.73 Å². The van der Waals surface area contributed by atoms with Gasteiger partial charge in [0.15, 0.2) is 0 Å². The maximum atomic E-state index is 11.5. The fourth-order valence-electron chi connectivity index (χ4n) is 1.90. The van der Waals surface area contributed by atoms with Gasteiger partial charge in [-0.25, -0.2) is 0 Å². The zero-order chi connectivity index (χ0) is 13.8. The van der Waals surface area contributed by atoms with Crippen LogP contribution in [0, 0.1) is 6.92 Å². The first-order chi connectivity index (χ1) is 9.06. The number of carbonyl (C=O) groups is 1. The number of rotatable bonds is 6. The van der Waals surface area contributed by atoms with E-state index in [9.17, 15) is 4.79 Å². The maximum absolute atomic E-state index is 11.5. The van der Waals surface area contributed by atoms with Gasteiger partial charge in [-0.3, -0.25) is 4.79 Å². The lowest BCUT2D eigenvalue weighted by Gasteiger charge is -2.12. The topological polar surface area (TPSA) is 64.3 Å². The molecule has 0 aromatic heterocycles. The molecule has 19 heavy (non-hydrogen) atoms. The summed E-state index contributed by atoms with van der Waals surface area (Å²) >= 11 is 0. The lowest BCUT2D eigenvalue weighted by Crippen LogP contribution is -2.26. The lowest BCUT2D eigenvalue weighted by molar-refractivity contribution is -0.121. The highest BCUT2D eigenvalue weighted by molar-refractivity contribution is 5.76. The van der Waals surface area contributed by atoms with Crippen LogP contribution in [0.15, 0.2) is 18.2 Å². The Kier molecular flexibility index (Phi) is 4.43. The average Bonchev–Trinajstić information content (AvgIpc) is 3.14. The molecule has 1 aromatic rings. The maximum Gasteiger partial charge on any atom is 0.223 e. The molecule has 2 rings (SSSR count).